The number of hydrogen-bond donors (Lipinski definition) is 1. The van der Waals surface area contributed by atoms with Crippen LogP contribution < -0.4 is 5.73 Å². The van der Waals surface area contributed by atoms with Gasteiger partial charge in [-0.2, -0.15) is 5.26 Å². The van der Waals surface area contributed by atoms with E-state index in [2.05, 4.69) is 31.2 Å². The van der Waals surface area contributed by atoms with E-state index < -0.39 is 0 Å². The highest BCUT2D eigenvalue weighted by Gasteiger charge is 2.14. The van der Waals surface area contributed by atoms with Gasteiger partial charge in [0.25, 0.3) is 0 Å². The van der Waals surface area contributed by atoms with Crippen molar-refractivity contribution in [2.75, 3.05) is 5.73 Å². The van der Waals surface area contributed by atoms with Crippen LogP contribution >= 0.6 is 0 Å². The van der Waals surface area contributed by atoms with Crippen molar-refractivity contribution in [3.8, 4) is 6.07 Å². The van der Waals surface area contributed by atoms with Gasteiger partial charge in [-0.3, -0.25) is 0 Å². The van der Waals surface area contributed by atoms with Crippen molar-refractivity contribution in [3.63, 3.8) is 0 Å². The zero-order valence-corrected chi connectivity index (χ0v) is 11.7. The Labute approximate surface area is 114 Å². The third-order valence-corrected chi connectivity index (χ3v) is 3.85. The second-order valence-corrected chi connectivity index (χ2v) is 4.91. The molecule has 0 aliphatic heterocycles. The molecule has 98 valence electrons. The van der Waals surface area contributed by atoms with E-state index in [0.717, 1.165) is 24.2 Å². The Bertz CT molecular complexity index is 645. The minimum Gasteiger partial charge on any atom is -0.384 e. The van der Waals surface area contributed by atoms with Crippen LogP contribution in [0.15, 0.2) is 24.3 Å². The Morgan fingerprint density at radius 2 is 1.89 bits per heavy atom. The van der Waals surface area contributed by atoms with Crippen LogP contribution in [0.2, 0.25) is 0 Å². The van der Waals surface area contributed by atoms with Gasteiger partial charge in [0.1, 0.15) is 11.9 Å². The molecule has 2 rings (SSSR count). The van der Waals surface area contributed by atoms with Gasteiger partial charge in [-0.1, -0.05) is 24.3 Å². The molecule has 2 N–H and O–H groups in total. The van der Waals surface area contributed by atoms with Gasteiger partial charge < -0.3 is 10.3 Å². The van der Waals surface area contributed by atoms with Crippen LogP contribution in [0, 0.1) is 32.1 Å². The highest BCUT2D eigenvalue weighted by molar-refractivity contribution is 5.57. The standard InChI is InChI=1S/C16H19N3/c1-11-6-4-5-7-14(11)8-9-19-13(3)12(2)15(10-17)16(19)18/h4-7H,8-9,18H2,1-3H3. The first-order chi connectivity index (χ1) is 9.06. The fourth-order valence-electron chi connectivity index (χ4n) is 2.44. The van der Waals surface area contributed by atoms with Gasteiger partial charge in [0.05, 0.1) is 5.56 Å². The normalized spacial score (nSPS) is 10.4. The summed E-state index contributed by atoms with van der Waals surface area (Å²) in [6.45, 7) is 6.90. The van der Waals surface area contributed by atoms with Crippen LogP contribution in [0.5, 0.6) is 0 Å². The Morgan fingerprint density at radius 1 is 1.21 bits per heavy atom. The number of nitriles is 1. The fourth-order valence-corrected chi connectivity index (χ4v) is 2.44. The number of anilines is 1. The lowest BCUT2D eigenvalue weighted by Gasteiger charge is -2.10. The van der Waals surface area contributed by atoms with E-state index in [1.807, 2.05) is 24.5 Å². The smallest absolute Gasteiger partial charge is 0.122 e. The number of aryl methyl sites for hydroxylation is 2. The number of aromatic nitrogens is 1. The molecule has 19 heavy (non-hydrogen) atoms. The highest BCUT2D eigenvalue weighted by Crippen LogP contribution is 2.24. The van der Waals surface area contributed by atoms with E-state index in [1.165, 1.54) is 11.1 Å². The van der Waals surface area contributed by atoms with Gasteiger partial charge in [-0.05, 0) is 43.9 Å². The topological polar surface area (TPSA) is 54.7 Å². The molecule has 1 aromatic heterocycles. The Morgan fingerprint density at radius 3 is 2.47 bits per heavy atom. The molecule has 1 aromatic carbocycles. The maximum absolute atomic E-state index is 9.12. The van der Waals surface area contributed by atoms with Crippen molar-refractivity contribution in [3.05, 3.63) is 52.2 Å². The molecule has 0 fully saturated rings. The summed E-state index contributed by atoms with van der Waals surface area (Å²) in [7, 11) is 0. The lowest BCUT2D eigenvalue weighted by Crippen LogP contribution is -2.08. The molecule has 0 amide bonds. The average molecular weight is 253 g/mol. The number of nitrogen functional groups attached to an aromatic ring is 1. The largest absolute Gasteiger partial charge is 0.384 e. The van der Waals surface area contributed by atoms with Crippen molar-refractivity contribution < 1.29 is 0 Å². The van der Waals surface area contributed by atoms with Crippen LogP contribution in [-0.2, 0) is 13.0 Å². The van der Waals surface area contributed by atoms with E-state index >= 15 is 0 Å². The second kappa shape index (κ2) is 5.19. The van der Waals surface area contributed by atoms with E-state index in [4.69, 9.17) is 11.0 Å². The van der Waals surface area contributed by atoms with Crippen molar-refractivity contribution in [2.45, 2.75) is 33.7 Å². The van der Waals surface area contributed by atoms with Crippen LogP contribution in [0.1, 0.15) is 27.9 Å². The van der Waals surface area contributed by atoms with Crippen molar-refractivity contribution in [1.29, 1.82) is 5.26 Å². The summed E-state index contributed by atoms with van der Waals surface area (Å²) in [5, 5.41) is 9.12. The summed E-state index contributed by atoms with van der Waals surface area (Å²) >= 11 is 0. The van der Waals surface area contributed by atoms with E-state index in [0.29, 0.717) is 11.4 Å². The van der Waals surface area contributed by atoms with Crippen LogP contribution in [0.3, 0.4) is 0 Å². The number of nitrogens with zero attached hydrogens (tertiary/aromatic N) is 2. The lowest BCUT2D eigenvalue weighted by molar-refractivity contribution is 0.686. The van der Waals surface area contributed by atoms with Crippen LogP contribution in [0.25, 0.3) is 0 Å². The molecule has 3 heteroatoms. The Kier molecular flexibility index (Phi) is 3.62. The highest BCUT2D eigenvalue weighted by atomic mass is 15.1. The van der Waals surface area contributed by atoms with E-state index in [-0.39, 0.29) is 0 Å². The molecule has 3 nitrogen and oxygen atoms in total. The number of hydrogen-bond acceptors (Lipinski definition) is 2. The summed E-state index contributed by atoms with van der Waals surface area (Å²) in [5.74, 6) is 0.589. The predicted octanol–water partition coefficient (Wildman–Crippen LogP) is 3.11. The van der Waals surface area contributed by atoms with E-state index in [9.17, 15) is 0 Å². The molecular formula is C16H19N3. The molecule has 0 saturated carbocycles. The zero-order chi connectivity index (χ0) is 14.0. The van der Waals surface area contributed by atoms with Crippen molar-refractivity contribution in [1.82, 2.24) is 4.57 Å². The quantitative estimate of drug-likeness (QED) is 0.913. The second-order valence-electron chi connectivity index (χ2n) is 4.91. The van der Waals surface area contributed by atoms with Gasteiger partial charge in [0.15, 0.2) is 0 Å². The molecule has 0 spiro atoms. The Balaban J connectivity index is 2.27. The lowest BCUT2D eigenvalue weighted by atomic mass is 10.1. The SMILES string of the molecule is Cc1ccccc1CCn1c(C)c(C)c(C#N)c1N. The third-order valence-electron chi connectivity index (χ3n) is 3.85. The maximum atomic E-state index is 9.12. The molecule has 0 bridgehead atoms. The molecule has 0 aliphatic rings. The summed E-state index contributed by atoms with van der Waals surface area (Å²) < 4.78 is 2.04. The third kappa shape index (κ3) is 2.34. The molecule has 0 aliphatic carbocycles. The zero-order valence-electron chi connectivity index (χ0n) is 11.7. The molecule has 2 aromatic rings. The fraction of sp³-hybridized carbons (Fsp3) is 0.312. The van der Waals surface area contributed by atoms with E-state index in [1.54, 1.807) is 0 Å². The molecule has 0 radical (unpaired) electrons. The van der Waals surface area contributed by atoms with Crippen molar-refractivity contribution in [2.24, 2.45) is 0 Å². The average Bonchev–Trinajstić information content (AvgIpc) is 2.60. The van der Waals surface area contributed by atoms with Gasteiger partial charge in [-0.25, -0.2) is 0 Å². The first-order valence-electron chi connectivity index (χ1n) is 6.46. The minimum absolute atomic E-state index is 0.589. The number of benzene rings is 1. The molecule has 0 unspecified atom stereocenters. The summed E-state index contributed by atoms with van der Waals surface area (Å²) in [4.78, 5) is 0. The van der Waals surface area contributed by atoms with Crippen LogP contribution in [-0.4, -0.2) is 4.57 Å². The van der Waals surface area contributed by atoms with Crippen molar-refractivity contribution >= 4 is 5.82 Å². The summed E-state index contributed by atoms with van der Waals surface area (Å²) in [6.07, 6.45) is 0.927. The van der Waals surface area contributed by atoms with Gasteiger partial charge in [0, 0.05) is 12.2 Å². The predicted molar refractivity (Wildman–Crippen MR) is 77.9 cm³/mol. The number of nitrogens with two attached hydrogens (primary N) is 1. The Hall–Kier alpha value is -2.21. The molecule has 0 atom stereocenters. The monoisotopic (exact) mass is 253 g/mol. The molecule has 0 saturated heterocycles. The summed E-state index contributed by atoms with van der Waals surface area (Å²) in [6, 6.07) is 10.6. The van der Waals surface area contributed by atoms with Gasteiger partial charge in [0.2, 0.25) is 0 Å². The minimum atomic E-state index is 0.589. The van der Waals surface area contributed by atoms with Gasteiger partial charge in [-0.15, -0.1) is 0 Å². The first kappa shape index (κ1) is 13.2. The first-order valence-corrected chi connectivity index (χ1v) is 6.46. The molecular weight excluding hydrogens is 234 g/mol. The van der Waals surface area contributed by atoms with Gasteiger partial charge >= 0.3 is 0 Å². The summed E-state index contributed by atoms with van der Waals surface area (Å²) in [5.41, 5.74) is 11.4. The molecule has 1 heterocycles. The van der Waals surface area contributed by atoms with Crippen LogP contribution in [0.4, 0.5) is 5.82 Å². The maximum Gasteiger partial charge on any atom is 0.122 e. The number of rotatable bonds is 3.